The molecule has 2 heterocycles. The fourth-order valence-corrected chi connectivity index (χ4v) is 2.32. The van der Waals surface area contributed by atoms with Crippen molar-refractivity contribution in [2.75, 3.05) is 26.4 Å². The van der Waals surface area contributed by atoms with E-state index in [4.69, 9.17) is 9.84 Å². The first-order valence-corrected chi connectivity index (χ1v) is 6.02. The predicted molar refractivity (Wildman–Crippen MR) is 59.3 cm³/mol. The van der Waals surface area contributed by atoms with Crippen LogP contribution >= 0.6 is 0 Å². The number of hydrogen-bond donors (Lipinski definition) is 2. The Morgan fingerprint density at radius 2 is 2.00 bits per heavy atom. The predicted octanol–water partition coefficient (Wildman–Crippen LogP) is -0.140. The molecule has 0 radical (unpaired) electrons. The summed E-state index contributed by atoms with van der Waals surface area (Å²) in [6.07, 6.45) is 2.34. The van der Waals surface area contributed by atoms with Gasteiger partial charge in [-0.3, -0.25) is 9.69 Å². The molecule has 0 unspecified atom stereocenters. The van der Waals surface area contributed by atoms with Crippen LogP contribution in [0, 0.1) is 0 Å². The van der Waals surface area contributed by atoms with E-state index in [1.165, 1.54) is 4.90 Å². The summed E-state index contributed by atoms with van der Waals surface area (Å²) in [5, 5.41) is 11.5. The highest BCUT2D eigenvalue weighted by Gasteiger charge is 2.51. The monoisotopic (exact) mass is 242 g/mol. The van der Waals surface area contributed by atoms with E-state index in [1.54, 1.807) is 0 Å². The van der Waals surface area contributed by atoms with Gasteiger partial charge in [0.1, 0.15) is 5.54 Å². The van der Waals surface area contributed by atoms with Crippen molar-refractivity contribution in [3.63, 3.8) is 0 Å². The maximum absolute atomic E-state index is 12.2. The number of imide groups is 1. The lowest BCUT2D eigenvalue weighted by molar-refractivity contribution is -0.134. The van der Waals surface area contributed by atoms with Crippen molar-refractivity contribution in [1.29, 1.82) is 0 Å². The third-order valence-electron chi connectivity index (χ3n) is 3.38. The maximum Gasteiger partial charge on any atom is 0.325 e. The number of carbonyl (C=O) groups excluding carboxylic acids is 2. The summed E-state index contributed by atoms with van der Waals surface area (Å²) in [6.45, 7) is 1.49. The van der Waals surface area contributed by atoms with Gasteiger partial charge in [0, 0.05) is 39.2 Å². The second-order valence-electron chi connectivity index (χ2n) is 4.51. The lowest BCUT2D eigenvalue weighted by Gasteiger charge is -2.30. The standard InChI is InChI=1S/C11H18N2O4/c14-6-2-1-5-13-9(15)11(12-10(13)16)3-7-17-8-4-11/h14H,1-8H2,(H,12,16). The zero-order valence-corrected chi connectivity index (χ0v) is 9.78. The molecule has 0 aromatic carbocycles. The van der Waals surface area contributed by atoms with Gasteiger partial charge in [-0.05, 0) is 12.8 Å². The summed E-state index contributed by atoms with van der Waals surface area (Å²) in [5.41, 5.74) is -0.728. The Kier molecular flexibility index (Phi) is 3.63. The average Bonchev–Trinajstić information content (AvgIpc) is 2.55. The van der Waals surface area contributed by atoms with Crippen LogP contribution in [0.25, 0.3) is 0 Å². The number of aliphatic hydroxyl groups is 1. The summed E-state index contributed by atoms with van der Waals surface area (Å²) in [6, 6.07) is -0.310. The number of carbonyl (C=O) groups is 2. The molecular weight excluding hydrogens is 224 g/mol. The topological polar surface area (TPSA) is 78.9 Å². The van der Waals surface area contributed by atoms with E-state index < -0.39 is 5.54 Å². The van der Waals surface area contributed by atoms with Gasteiger partial charge in [0.2, 0.25) is 0 Å². The van der Waals surface area contributed by atoms with E-state index in [1.807, 2.05) is 0 Å². The minimum atomic E-state index is -0.728. The number of ether oxygens (including phenoxy) is 1. The van der Waals surface area contributed by atoms with Gasteiger partial charge in [-0.1, -0.05) is 0 Å². The summed E-state index contributed by atoms with van der Waals surface area (Å²) >= 11 is 0. The van der Waals surface area contributed by atoms with Crippen LogP contribution in [0.4, 0.5) is 4.79 Å². The quantitative estimate of drug-likeness (QED) is 0.531. The van der Waals surface area contributed by atoms with Gasteiger partial charge in [-0.15, -0.1) is 0 Å². The Hall–Kier alpha value is -1.14. The van der Waals surface area contributed by atoms with E-state index in [-0.39, 0.29) is 18.5 Å². The first-order chi connectivity index (χ1) is 8.19. The molecule has 6 nitrogen and oxygen atoms in total. The second-order valence-corrected chi connectivity index (χ2v) is 4.51. The van der Waals surface area contributed by atoms with Crippen molar-refractivity contribution < 1.29 is 19.4 Å². The number of nitrogens with zero attached hydrogens (tertiary/aromatic N) is 1. The van der Waals surface area contributed by atoms with Gasteiger partial charge >= 0.3 is 6.03 Å². The van der Waals surface area contributed by atoms with Crippen molar-refractivity contribution in [2.24, 2.45) is 0 Å². The molecule has 0 bridgehead atoms. The minimum Gasteiger partial charge on any atom is -0.396 e. The average molecular weight is 242 g/mol. The number of amides is 3. The van der Waals surface area contributed by atoms with Crippen LogP contribution in [0.5, 0.6) is 0 Å². The summed E-state index contributed by atoms with van der Waals surface area (Å²) in [5.74, 6) is -0.135. The normalized spacial score (nSPS) is 23.2. The lowest BCUT2D eigenvalue weighted by atomic mass is 9.90. The minimum absolute atomic E-state index is 0.0859. The highest BCUT2D eigenvalue weighted by molar-refractivity contribution is 6.07. The molecule has 2 rings (SSSR count). The van der Waals surface area contributed by atoms with E-state index >= 15 is 0 Å². The van der Waals surface area contributed by atoms with Crippen molar-refractivity contribution in [3.05, 3.63) is 0 Å². The largest absolute Gasteiger partial charge is 0.396 e. The molecule has 0 aliphatic carbocycles. The molecule has 2 aliphatic heterocycles. The fourth-order valence-electron chi connectivity index (χ4n) is 2.32. The van der Waals surface area contributed by atoms with Gasteiger partial charge in [0.25, 0.3) is 5.91 Å². The third kappa shape index (κ3) is 2.28. The van der Waals surface area contributed by atoms with Crippen LogP contribution in [-0.4, -0.2) is 53.8 Å². The van der Waals surface area contributed by atoms with Crippen LogP contribution < -0.4 is 5.32 Å². The number of aliphatic hydroxyl groups excluding tert-OH is 1. The van der Waals surface area contributed by atoms with Gasteiger partial charge in [0.15, 0.2) is 0 Å². The van der Waals surface area contributed by atoms with Gasteiger partial charge in [0.05, 0.1) is 0 Å². The molecule has 1 spiro atoms. The summed E-state index contributed by atoms with van der Waals surface area (Å²) < 4.78 is 5.22. The zero-order valence-electron chi connectivity index (χ0n) is 9.78. The number of nitrogens with one attached hydrogen (secondary N) is 1. The Morgan fingerprint density at radius 1 is 1.29 bits per heavy atom. The van der Waals surface area contributed by atoms with Gasteiger partial charge < -0.3 is 15.2 Å². The van der Waals surface area contributed by atoms with Crippen LogP contribution in [0.15, 0.2) is 0 Å². The van der Waals surface area contributed by atoms with Crippen LogP contribution in [0.1, 0.15) is 25.7 Å². The Morgan fingerprint density at radius 3 is 2.65 bits per heavy atom. The number of hydrogen-bond acceptors (Lipinski definition) is 4. The van der Waals surface area contributed by atoms with Crippen molar-refractivity contribution in [1.82, 2.24) is 10.2 Å². The zero-order chi connectivity index (χ0) is 12.3. The van der Waals surface area contributed by atoms with E-state index in [2.05, 4.69) is 5.32 Å². The molecule has 2 aliphatic rings. The molecule has 0 saturated carbocycles. The Labute approximate surface area is 99.9 Å². The molecule has 0 aromatic rings. The van der Waals surface area contributed by atoms with Gasteiger partial charge in [-0.2, -0.15) is 0 Å². The molecule has 0 atom stereocenters. The van der Waals surface area contributed by atoms with Crippen LogP contribution in [0.2, 0.25) is 0 Å². The highest BCUT2D eigenvalue weighted by Crippen LogP contribution is 2.28. The number of rotatable bonds is 4. The summed E-state index contributed by atoms with van der Waals surface area (Å²) in [4.78, 5) is 25.2. The molecule has 96 valence electrons. The van der Waals surface area contributed by atoms with E-state index in [9.17, 15) is 9.59 Å². The van der Waals surface area contributed by atoms with Crippen LogP contribution in [-0.2, 0) is 9.53 Å². The molecule has 2 N–H and O–H groups in total. The number of unbranched alkanes of at least 4 members (excludes halogenated alkanes) is 1. The smallest absolute Gasteiger partial charge is 0.325 e. The second kappa shape index (κ2) is 5.01. The Bertz CT molecular complexity index is 313. The molecular formula is C11H18N2O4. The molecule has 2 fully saturated rings. The van der Waals surface area contributed by atoms with Gasteiger partial charge in [-0.25, -0.2) is 4.79 Å². The van der Waals surface area contributed by atoms with Crippen molar-refractivity contribution in [2.45, 2.75) is 31.2 Å². The molecule has 3 amide bonds. The molecule has 17 heavy (non-hydrogen) atoms. The van der Waals surface area contributed by atoms with E-state index in [0.717, 1.165) is 0 Å². The third-order valence-corrected chi connectivity index (χ3v) is 3.38. The summed E-state index contributed by atoms with van der Waals surface area (Å²) in [7, 11) is 0. The van der Waals surface area contributed by atoms with E-state index in [0.29, 0.717) is 45.4 Å². The molecule has 0 aromatic heterocycles. The first-order valence-electron chi connectivity index (χ1n) is 6.02. The fraction of sp³-hybridized carbons (Fsp3) is 0.818. The van der Waals surface area contributed by atoms with Crippen molar-refractivity contribution >= 4 is 11.9 Å². The lowest BCUT2D eigenvalue weighted by Crippen LogP contribution is -2.51. The van der Waals surface area contributed by atoms with Crippen LogP contribution in [0.3, 0.4) is 0 Å². The SMILES string of the molecule is O=C1NC2(CCOCC2)C(=O)N1CCCCO. The number of urea groups is 1. The molecule has 2 saturated heterocycles. The maximum atomic E-state index is 12.2. The highest BCUT2D eigenvalue weighted by atomic mass is 16.5. The Balaban J connectivity index is 2.00. The first kappa shape index (κ1) is 12.3. The molecule has 6 heteroatoms. The van der Waals surface area contributed by atoms with Crippen molar-refractivity contribution in [3.8, 4) is 0 Å².